The molecule has 0 amide bonds. The fourth-order valence-corrected chi connectivity index (χ4v) is 1.91. The molecule has 18 heavy (non-hydrogen) atoms. The third kappa shape index (κ3) is 2.75. The zero-order chi connectivity index (χ0) is 13.0. The molecule has 1 N–H and O–H groups in total. The fraction of sp³-hybridized carbons (Fsp3) is 0.118. The van der Waals surface area contributed by atoms with E-state index in [1.54, 1.807) is 0 Å². The van der Waals surface area contributed by atoms with Gasteiger partial charge in [-0.15, -0.1) is 0 Å². The van der Waals surface area contributed by atoms with Gasteiger partial charge in [0.2, 0.25) is 0 Å². The highest BCUT2D eigenvalue weighted by Gasteiger charge is 2.03. The van der Waals surface area contributed by atoms with Crippen molar-refractivity contribution in [2.24, 2.45) is 0 Å². The molecule has 0 saturated carbocycles. The van der Waals surface area contributed by atoms with Crippen molar-refractivity contribution in [3.63, 3.8) is 0 Å². The second kappa shape index (κ2) is 5.46. The first kappa shape index (κ1) is 12.3. The van der Waals surface area contributed by atoms with Crippen LogP contribution in [0.25, 0.3) is 5.57 Å². The van der Waals surface area contributed by atoms with Gasteiger partial charge in [0.1, 0.15) is 0 Å². The number of hydrogen-bond acceptors (Lipinski definition) is 1. The summed E-state index contributed by atoms with van der Waals surface area (Å²) < 4.78 is 0. The van der Waals surface area contributed by atoms with Crippen molar-refractivity contribution in [1.82, 2.24) is 0 Å². The summed E-state index contributed by atoms with van der Waals surface area (Å²) in [6.45, 7) is 4.16. The third-order valence-corrected chi connectivity index (χ3v) is 2.98. The maximum Gasteiger partial charge on any atom is 0.0184 e. The lowest BCUT2D eigenvalue weighted by Gasteiger charge is -2.08. The highest BCUT2D eigenvalue weighted by molar-refractivity contribution is 5.90. The molecular formula is C17H17N. The molecular weight excluding hydrogens is 218 g/mol. The Morgan fingerprint density at radius 3 is 1.50 bits per heavy atom. The third-order valence-electron chi connectivity index (χ3n) is 2.98. The standard InChI is InChI=1S/C17H17N/c1-13-3-7-15(8-4-13)17(11-12-18)16-9-5-14(2)6-10-16/h3-12,18H,1-2H3. The Morgan fingerprint density at radius 1 is 0.778 bits per heavy atom. The molecule has 0 aliphatic rings. The van der Waals surface area contributed by atoms with E-state index in [0.717, 1.165) is 16.7 Å². The van der Waals surface area contributed by atoms with Crippen molar-refractivity contribution in [2.45, 2.75) is 13.8 Å². The van der Waals surface area contributed by atoms with E-state index in [4.69, 9.17) is 5.41 Å². The van der Waals surface area contributed by atoms with E-state index >= 15 is 0 Å². The lowest BCUT2D eigenvalue weighted by atomic mass is 9.96. The summed E-state index contributed by atoms with van der Waals surface area (Å²) in [5, 5.41) is 7.31. The molecule has 0 saturated heterocycles. The van der Waals surface area contributed by atoms with E-state index in [2.05, 4.69) is 62.4 Å². The van der Waals surface area contributed by atoms with Crippen LogP contribution >= 0.6 is 0 Å². The quantitative estimate of drug-likeness (QED) is 0.763. The SMILES string of the molecule is Cc1ccc(C(=CC=N)c2ccc(C)cc2)cc1. The van der Waals surface area contributed by atoms with Crippen LogP contribution in [-0.2, 0) is 0 Å². The maximum absolute atomic E-state index is 7.31. The fourth-order valence-electron chi connectivity index (χ4n) is 1.91. The predicted octanol–water partition coefficient (Wildman–Crippen LogP) is 4.38. The second-order valence-corrected chi connectivity index (χ2v) is 4.48. The number of rotatable bonds is 3. The van der Waals surface area contributed by atoms with Crippen molar-refractivity contribution in [3.05, 3.63) is 76.9 Å². The summed E-state index contributed by atoms with van der Waals surface area (Å²) in [7, 11) is 0. The minimum absolute atomic E-state index is 1.09. The summed E-state index contributed by atoms with van der Waals surface area (Å²) >= 11 is 0. The lowest BCUT2D eigenvalue weighted by Crippen LogP contribution is -1.89. The zero-order valence-corrected chi connectivity index (χ0v) is 10.8. The normalized spacial score (nSPS) is 9.89. The van der Waals surface area contributed by atoms with Crippen LogP contribution in [0.15, 0.2) is 54.6 Å². The Morgan fingerprint density at radius 2 is 1.17 bits per heavy atom. The van der Waals surface area contributed by atoms with Gasteiger partial charge in [0, 0.05) is 6.21 Å². The number of benzene rings is 2. The van der Waals surface area contributed by atoms with Crippen molar-refractivity contribution in [2.75, 3.05) is 0 Å². The van der Waals surface area contributed by atoms with Gasteiger partial charge in [-0.3, -0.25) is 0 Å². The molecule has 2 rings (SSSR count). The van der Waals surface area contributed by atoms with E-state index < -0.39 is 0 Å². The van der Waals surface area contributed by atoms with Gasteiger partial charge in [-0.2, -0.15) is 0 Å². The van der Waals surface area contributed by atoms with Crippen LogP contribution in [0.2, 0.25) is 0 Å². The Bertz CT molecular complexity index is 512. The minimum atomic E-state index is 1.09. The molecule has 1 heteroatoms. The molecule has 2 aromatic carbocycles. The Balaban J connectivity index is 2.46. The molecule has 0 atom stereocenters. The number of aryl methyl sites for hydroxylation is 2. The van der Waals surface area contributed by atoms with Gasteiger partial charge in [0.25, 0.3) is 0 Å². The average molecular weight is 235 g/mol. The first-order chi connectivity index (χ1) is 8.70. The molecule has 0 unspecified atom stereocenters. The molecule has 90 valence electrons. The molecule has 2 aromatic rings. The maximum atomic E-state index is 7.31. The second-order valence-electron chi connectivity index (χ2n) is 4.48. The van der Waals surface area contributed by atoms with Gasteiger partial charge in [-0.05, 0) is 36.6 Å². The Labute approximate surface area is 108 Å². The average Bonchev–Trinajstić information content (AvgIpc) is 2.39. The van der Waals surface area contributed by atoms with Crippen molar-refractivity contribution in [3.8, 4) is 0 Å². The zero-order valence-electron chi connectivity index (χ0n) is 10.8. The van der Waals surface area contributed by atoms with E-state index in [0.29, 0.717) is 0 Å². The van der Waals surface area contributed by atoms with Gasteiger partial charge >= 0.3 is 0 Å². The molecule has 0 aliphatic heterocycles. The van der Waals surface area contributed by atoms with Crippen molar-refractivity contribution >= 4 is 11.8 Å². The van der Waals surface area contributed by atoms with Crippen LogP contribution in [0.5, 0.6) is 0 Å². The van der Waals surface area contributed by atoms with Crippen LogP contribution in [0.1, 0.15) is 22.3 Å². The minimum Gasteiger partial charge on any atom is -0.309 e. The summed E-state index contributed by atoms with van der Waals surface area (Å²) in [6, 6.07) is 16.8. The van der Waals surface area contributed by atoms with Gasteiger partial charge < -0.3 is 5.41 Å². The van der Waals surface area contributed by atoms with Crippen LogP contribution < -0.4 is 0 Å². The van der Waals surface area contributed by atoms with Gasteiger partial charge in [-0.25, -0.2) is 0 Å². The van der Waals surface area contributed by atoms with E-state index in [9.17, 15) is 0 Å². The van der Waals surface area contributed by atoms with E-state index in [-0.39, 0.29) is 0 Å². The molecule has 1 nitrogen and oxygen atoms in total. The summed E-state index contributed by atoms with van der Waals surface area (Å²) in [4.78, 5) is 0. The van der Waals surface area contributed by atoms with Gasteiger partial charge in [0.15, 0.2) is 0 Å². The van der Waals surface area contributed by atoms with Crippen LogP contribution in [0.3, 0.4) is 0 Å². The summed E-state index contributed by atoms with van der Waals surface area (Å²) in [5.41, 5.74) is 5.87. The van der Waals surface area contributed by atoms with Crippen LogP contribution in [-0.4, -0.2) is 6.21 Å². The molecule has 0 radical (unpaired) electrons. The first-order valence-electron chi connectivity index (χ1n) is 6.05. The first-order valence-corrected chi connectivity index (χ1v) is 6.05. The van der Waals surface area contributed by atoms with Crippen molar-refractivity contribution in [1.29, 1.82) is 5.41 Å². The number of allylic oxidation sites excluding steroid dienone is 1. The summed E-state index contributed by atoms with van der Waals surface area (Å²) in [5.74, 6) is 0. The molecule has 0 aromatic heterocycles. The monoisotopic (exact) mass is 235 g/mol. The summed E-state index contributed by atoms with van der Waals surface area (Å²) in [6.07, 6.45) is 3.18. The number of nitrogens with one attached hydrogen (secondary N) is 1. The molecule has 0 spiro atoms. The molecule has 0 aliphatic carbocycles. The smallest absolute Gasteiger partial charge is 0.0184 e. The van der Waals surface area contributed by atoms with Crippen LogP contribution in [0, 0.1) is 19.3 Å². The number of hydrogen-bond donors (Lipinski definition) is 1. The molecule has 0 heterocycles. The van der Waals surface area contributed by atoms with Crippen molar-refractivity contribution < 1.29 is 0 Å². The van der Waals surface area contributed by atoms with E-state index in [1.165, 1.54) is 17.3 Å². The van der Waals surface area contributed by atoms with Gasteiger partial charge in [-0.1, -0.05) is 59.7 Å². The largest absolute Gasteiger partial charge is 0.309 e. The topological polar surface area (TPSA) is 23.9 Å². The Hall–Kier alpha value is -2.15. The van der Waals surface area contributed by atoms with Crippen LogP contribution in [0.4, 0.5) is 0 Å². The highest BCUT2D eigenvalue weighted by atomic mass is 14.3. The predicted molar refractivity (Wildman–Crippen MR) is 78.2 cm³/mol. The molecule has 0 fully saturated rings. The van der Waals surface area contributed by atoms with Gasteiger partial charge in [0.05, 0.1) is 0 Å². The Kier molecular flexibility index (Phi) is 3.73. The highest BCUT2D eigenvalue weighted by Crippen LogP contribution is 2.23. The van der Waals surface area contributed by atoms with E-state index in [1.807, 2.05) is 6.08 Å². The lowest BCUT2D eigenvalue weighted by molar-refractivity contribution is 1.43. The molecule has 0 bridgehead atoms.